The molecule has 2 aromatic rings. The van der Waals surface area contributed by atoms with Crippen molar-refractivity contribution in [2.24, 2.45) is 17.3 Å². The number of rotatable bonds is 1. The molecule has 2 aliphatic heterocycles. The third-order valence-corrected chi connectivity index (χ3v) is 7.78. The second-order valence-corrected chi connectivity index (χ2v) is 11.7. The molecule has 5 bridgehead atoms. The van der Waals surface area contributed by atoms with Crippen LogP contribution >= 0.6 is 0 Å². The van der Waals surface area contributed by atoms with Gasteiger partial charge in [0.05, 0.1) is 5.52 Å². The maximum atomic E-state index is 13.4. The van der Waals surface area contributed by atoms with Gasteiger partial charge in [-0.2, -0.15) is 0 Å². The zero-order valence-electron chi connectivity index (χ0n) is 24.2. The molecule has 0 unspecified atom stereocenters. The normalized spacial score (nSPS) is 25.6. The second kappa shape index (κ2) is 11.8. The summed E-state index contributed by atoms with van der Waals surface area (Å²) in [5, 5.41) is 6.72. The van der Waals surface area contributed by atoms with Crippen molar-refractivity contribution in [2.45, 2.75) is 66.0 Å². The van der Waals surface area contributed by atoms with Crippen molar-refractivity contribution >= 4 is 46.3 Å². The van der Waals surface area contributed by atoms with Gasteiger partial charge in [-0.3, -0.25) is 34.6 Å². The lowest BCUT2D eigenvalue weighted by Gasteiger charge is -2.35. The van der Waals surface area contributed by atoms with Gasteiger partial charge in [-0.1, -0.05) is 38.1 Å². The topological polar surface area (TPSA) is 124 Å². The van der Waals surface area contributed by atoms with Gasteiger partial charge >= 0.3 is 0 Å². The number of benzene rings is 1. The molecule has 1 aromatic heterocycles. The predicted molar refractivity (Wildman–Crippen MR) is 155 cm³/mol. The third-order valence-electron chi connectivity index (χ3n) is 7.78. The molecule has 3 N–H and O–H groups in total. The first kappa shape index (κ1) is 29.2. The molecule has 1 fully saturated rings. The third kappa shape index (κ3) is 6.50. The minimum Gasteiger partial charge on any atom is -0.344 e. The van der Waals surface area contributed by atoms with E-state index in [2.05, 4.69) is 16.2 Å². The number of Topliss-reactive ketones (excluding diaryl/α,β-unsaturated/α-hetero) is 1. The van der Waals surface area contributed by atoms with Crippen LogP contribution in [0.2, 0.25) is 0 Å². The minimum absolute atomic E-state index is 0.0565. The summed E-state index contributed by atoms with van der Waals surface area (Å²) >= 11 is 0. The van der Waals surface area contributed by atoms with Gasteiger partial charge in [0.15, 0.2) is 0 Å². The number of ketones is 1. The molecule has 3 atom stereocenters. The highest BCUT2D eigenvalue weighted by Gasteiger charge is 2.35. The number of pyridine rings is 1. The Kier molecular flexibility index (Phi) is 8.58. The Morgan fingerprint density at radius 1 is 1.05 bits per heavy atom. The Hall–Kier alpha value is -3.79. The average molecular weight is 549 g/mol. The molecule has 1 aromatic carbocycles. The summed E-state index contributed by atoms with van der Waals surface area (Å²) in [6.07, 6.45) is 4.99. The molecular formula is C30H40N6O4. The first-order valence-electron chi connectivity index (χ1n) is 13.9. The molecule has 2 aliphatic rings. The van der Waals surface area contributed by atoms with E-state index in [4.69, 9.17) is 4.98 Å². The van der Waals surface area contributed by atoms with E-state index >= 15 is 0 Å². The molecule has 10 nitrogen and oxygen atoms in total. The number of aromatic nitrogens is 1. The molecule has 40 heavy (non-hydrogen) atoms. The molecule has 1 saturated heterocycles. The number of anilines is 1. The molecule has 0 radical (unpaired) electrons. The number of hydrogen-bond donors (Lipinski definition) is 3. The average Bonchev–Trinajstić information content (AvgIpc) is 2.92. The lowest BCUT2D eigenvalue weighted by molar-refractivity contribution is -0.143. The van der Waals surface area contributed by atoms with Gasteiger partial charge in [0.2, 0.25) is 5.91 Å². The molecule has 3 amide bonds. The Morgan fingerprint density at radius 2 is 1.77 bits per heavy atom. The number of amides is 3. The van der Waals surface area contributed by atoms with Gasteiger partial charge in [-0.05, 0) is 63.3 Å². The van der Waals surface area contributed by atoms with Crippen LogP contribution in [-0.2, 0) is 19.2 Å². The van der Waals surface area contributed by atoms with Crippen LogP contribution < -0.4 is 21.2 Å². The van der Waals surface area contributed by atoms with Gasteiger partial charge in [-0.15, -0.1) is 0 Å². The number of allylic oxidation sites excluding steroid dienone is 1. The van der Waals surface area contributed by atoms with E-state index in [9.17, 15) is 19.2 Å². The lowest BCUT2D eigenvalue weighted by Crippen LogP contribution is -2.62. The highest BCUT2D eigenvalue weighted by atomic mass is 16.2. The van der Waals surface area contributed by atoms with Gasteiger partial charge in [0.25, 0.3) is 11.8 Å². The van der Waals surface area contributed by atoms with E-state index in [1.165, 1.54) is 5.01 Å². The zero-order valence-corrected chi connectivity index (χ0v) is 24.2. The van der Waals surface area contributed by atoms with Gasteiger partial charge in [0.1, 0.15) is 23.7 Å². The maximum absolute atomic E-state index is 13.4. The van der Waals surface area contributed by atoms with Gasteiger partial charge < -0.3 is 5.32 Å². The fraction of sp³-hybridized carbons (Fsp3) is 0.500. The van der Waals surface area contributed by atoms with Gasteiger partial charge in [-0.25, -0.2) is 10.4 Å². The van der Waals surface area contributed by atoms with Crippen LogP contribution in [0.15, 0.2) is 36.4 Å². The molecule has 0 saturated carbocycles. The highest BCUT2D eigenvalue weighted by molar-refractivity contribution is 5.94. The van der Waals surface area contributed by atoms with E-state index in [0.29, 0.717) is 25.2 Å². The Bertz CT molecular complexity index is 1340. The fourth-order valence-corrected chi connectivity index (χ4v) is 4.96. The molecule has 3 heterocycles. The number of carbonyl (C=O) groups excluding carboxylic acids is 4. The molecule has 0 spiro atoms. The van der Waals surface area contributed by atoms with Crippen LogP contribution in [0.3, 0.4) is 0 Å². The van der Waals surface area contributed by atoms with Crippen LogP contribution in [0.4, 0.5) is 5.82 Å². The fourth-order valence-electron chi connectivity index (χ4n) is 4.96. The number of fused-ring (bicyclic) bond motifs is 4. The van der Waals surface area contributed by atoms with Crippen LogP contribution in [-0.4, -0.2) is 59.2 Å². The van der Waals surface area contributed by atoms with E-state index in [1.807, 2.05) is 70.2 Å². The highest BCUT2D eigenvalue weighted by Crippen LogP contribution is 2.28. The van der Waals surface area contributed by atoms with Crippen molar-refractivity contribution in [3.63, 3.8) is 0 Å². The Balaban J connectivity index is 1.70. The first-order valence-corrected chi connectivity index (χ1v) is 13.9. The van der Waals surface area contributed by atoms with Crippen LogP contribution in [0.5, 0.6) is 0 Å². The number of nitrogens with zero attached hydrogens (tertiary/aromatic N) is 3. The number of nitrogens with one attached hydrogen (secondary N) is 3. The minimum atomic E-state index is -0.829. The Morgan fingerprint density at radius 3 is 2.50 bits per heavy atom. The summed E-state index contributed by atoms with van der Waals surface area (Å²) in [6.45, 7) is 9.52. The second-order valence-electron chi connectivity index (χ2n) is 11.7. The summed E-state index contributed by atoms with van der Waals surface area (Å²) < 4.78 is 0. The summed E-state index contributed by atoms with van der Waals surface area (Å²) in [5.41, 5.74) is 6.70. The molecule has 10 heteroatoms. The lowest BCUT2D eigenvalue weighted by atomic mass is 9.79. The molecule has 0 aliphatic carbocycles. The number of hydrazine groups is 2. The van der Waals surface area contributed by atoms with Crippen LogP contribution in [0, 0.1) is 17.3 Å². The van der Waals surface area contributed by atoms with E-state index in [0.717, 1.165) is 16.5 Å². The van der Waals surface area contributed by atoms with Crippen molar-refractivity contribution in [3.05, 3.63) is 42.0 Å². The monoisotopic (exact) mass is 548 g/mol. The standard InChI is InChI=1S/C30H40N6O4/c1-18(2)22-17-25(37)30(4,5)14-13-20-9-10-21-11-12-26(32-24(21)16-20)35(6)34-28(39)23-8-7-15-36(33-23)29(40)19(3)31-27(22)38/h9-14,16,18-19,22-23,33H,7-8,15,17H2,1-6H3,(H,31,38)(H,34,39)/b14-13+/t19-,22+,23-/m0/s1. The van der Waals surface area contributed by atoms with E-state index in [1.54, 1.807) is 19.0 Å². The largest absolute Gasteiger partial charge is 0.344 e. The van der Waals surface area contributed by atoms with Crippen molar-refractivity contribution in [3.8, 4) is 0 Å². The molecular weight excluding hydrogens is 508 g/mol. The van der Waals surface area contributed by atoms with E-state index < -0.39 is 23.4 Å². The SMILES string of the molecule is CC(C)[C@H]1CC(=O)C(C)(C)/C=C/c2ccc3ccc(nc3c2)N(C)NC(=O)[C@@H]2CCCN(N2)C(=O)[C@H](C)NC1=O. The van der Waals surface area contributed by atoms with Crippen molar-refractivity contribution in [2.75, 3.05) is 18.6 Å². The Labute approximate surface area is 235 Å². The summed E-state index contributed by atoms with van der Waals surface area (Å²) in [5.74, 6) is -1.16. The summed E-state index contributed by atoms with van der Waals surface area (Å²) in [4.78, 5) is 57.7. The predicted octanol–water partition coefficient (Wildman–Crippen LogP) is 2.99. The van der Waals surface area contributed by atoms with Crippen molar-refractivity contribution in [1.82, 2.24) is 26.2 Å². The molecule has 4 rings (SSSR count). The summed E-state index contributed by atoms with van der Waals surface area (Å²) in [7, 11) is 1.72. The van der Waals surface area contributed by atoms with Crippen LogP contribution in [0.25, 0.3) is 17.0 Å². The maximum Gasteiger partial charge on any atom is 0.258 e. The zero-order chi connectivity index (χ0) is 29.2. The smallest absolute Gasteiger partial charge is 0.258 e. The van der Waals surface area contributed by atoms with E-state index in [-0.39, 0.29) is 35.8 Å². The number of carbonyl (C=O) groups is 4. The van der Waals surface area contributed by atoms with Crippen molar-refractivity contribution in [1.29, 1.82) is 0 Å². The first-order chi connectivity index (χ1) is 18.9. The van der Waals surface area contributed by atoms with Gasteiger partial charge in [0, 0.05) is 36.7 Å². The van der Waals surface area contributed by atoms with Crippen molar-refractivity contribution < 1.29 is 19.2 Å². The quantitative estimate of drug-likeness (QED) is 0.501. The molecule has 214 valence electrons. The number of hydrogen-bond acceptors (Lipinski definition) is 7. The summed E-state index contributed by atoms with van der Waals surface area (Å²) in [6, 6.07) is 8.18. The van der Waals surface area contributed by atoms with Crippen LogP contribution in [0.1, 0.15) is 59.4 Å².